The molecule has 0 aliphatic rings. The van der Waals surface area contributed by atoms with Gasteiger partial charge in [0.2, 0.25) is 11.8 Å². The second kappa shape index (κ2) is 14.6. The molecule has 0 radical (unpaired) electrons. The van der Waals surface area contributed by atoms with Crippen LogP contribution >= 0.6 is 0 Å². The van der Waals surface area contributed by atoms with E-state index in [1.165, 1.54) is 37.3 Å². The number of nitrogens with one attached hydrogen (secondary N) is 1. The molecule has 10 heteroatoms. The molecule has 3 aromatic rings. The van der Waals surface area contributed by atoms with Crippen LogP contribution in [0.5, 0.6) is 11.5 Å². The van der Waals surface area contributed by atoms with Gasteiger partial charge in [0.1, 0.15) is 12.6 Å². The number of hydrogen-bond acceptors (Lipinski definition) is 6. The van der Waals surface area contributed by atoms with Crippen molar-refractivity contribution in [3.8, 4) is 11.5 Å². The number of anilines is 1. The number of hydrogen-bond donors (Lipinski definition) is 1. The Morgan fingerprint density at radius 1 is 0.886 bits per heavy atom. The molecule has 0 heterocycles. The van der Waals surface area contributed by atoms with Crippen LogP contribution < -0.4 is 19.1 Å². The number of aryl methyl sites for hydroxylation is 2. The van der Waals surface area contributed by atoms with Gasteiger partial charge in [-0.2, -0.15) is 0 Å². The topological polar surface area (TPSA) is 105 Å². The number of methoxy groups -OCH3 is 2. The van der Waals surface area contributed by atoms with Gasteiger partial charge >= 0.3 is 0 Å². The van der Waals surface area contributed by atoms with Crippen LogP contribution in [-0.4, -0.2) is 64.0 Å². The minimum atomic E-state index is -4.27. The molecule has 0 fully saturated rings. The van der Waals surface area contributed by atoms with Crippen molar-refractivity contribution >= 4 is 27.5 Å². The van der Waals surface area contributed by atoms with E-state index in [0.717, 1.165) is 21.0 Å². The molecule has 0 unspecified atom stereocenters. The van der Waals surface area contributed by atoms with E-state index >= 15 is 0 Å². The van der Waals surface area contributed by atoms with Crippen molar-refractivity contribution in [1.82, 2.24) is 10.2 Å². The van der Waals surface area contributed by atoms with Crippen molar-refractivity contribution in [2.75, 3.05) is 31.6 Å². The summed E-state index contributed by atoms with van der Waals surface area (Å²) < 4.78 is 40.4. The Hall–Kier alpha value is -4.05. The summed E-state index contributed by atoms with van der Waals surface area (Å²) in [5.74, 6) is -0.153. The molecule has 3 rings (SSSR count). The van der Waals surface area contributed by atoms with Crippen LogP contribution in [-0.2, 0) is 26.0 Å². The van der Waals surface area contributed by atoms with Gasteiger partial charge in [-0.15, -0.1) is 0 Å². The predicted molar refractivity (Wildman–Crippen MR) is 174 cm³/mol. The van der Waals surface area contributed by atoms with Gasteiger partial charge in [-0.25, -0.2) is 8.42 Å². The molecule has 0 bridgehead atoms. The number of sulfonamides is 1. The number of nitrogens with zero attached hydrogens (tertiary/aromatic N) is 2. The van der Waals surface area contributed by atoms with Gasteiger partial charge in [-0.3, -0.25) is 13.9 Å². The maximum Gasteiger partial charge on any atom is 0.264 e. The zero-order valence-electron chi connectivity index (χ0n) is 27.0. The van der Waals surface area contributed by atoms with E-state index in [4.69, 9.17) is 9.47 Å². The van der Waals surface area contributed by atoms with Crippen LogP contribution in [0.25, 0.3) is 0 Å². The molecule has 0 aliphatic heterocycles. The highest BCUT2D eigenvalue weighted by molar-refractivity contribution is 7.92. The molecule has 44 heavy (non-hydrogen) atoms. The zero-order chi connectivity index (χ0) is 32.7. The van der Waals surface area contributed by atoms with Gasteiger partial charge in [-0.05, 0) is 88.4 Å². The van der Waals surface area contributed by atoms with Crippen molar-refractivity contribution in [1.29, 1.82) is 0 Å². The van der Waals surface area contributed by atoms with Crippen molar-refractivity contribution in [2.24, 2.45) is 0 Å². The minimum Gasteiger partial charge on any atom is -0.493 e. The van der Waals surface area contributed by atoms with Crippen molar-refractivity contribution in [3.63, 3.8) is 0 Å². The second-order valence-electron chi connectivity index (χ2n) is 11.9. The lowest BCUT2D eigenvalue weighted by atomic mass is 10.1. The average Bonchev–Trinajstić information content (AvgIpc) is 2.96. The summed E-state index contributed by atoms with van der Waals surface area (Å²) in [6.45, 7) is 11.0. The van der Waals surface area contributed by atoms with E-state index in [0.29, 0.717) is 24.3 Å². The van der Waals surface area contributed by atoms with E-state index < -0.39 is 34.1 Å². The highest BCUT2D eigenvalue weighted by atomic mass is 32.2. The molecule has 0 spiro atoms. The Labute approximate surface area is 262 Å². The summed E-state index contributed by atoms with van der Waals surface area (Å²) in [6.07, 6.45) is 0.853. The van der Waals surface area contributed by atoms with Gasteiger partial charge < -0.3 is 19.7 Å². The van der Waals surface area contributed by atoms with E-state index in [2.05, 4.69) is 5.32 Å². The van der Waals surface area contributed by atoms with Crippen LogP contribution in [0.15, 0.2) is 71.6 Å². The molecule has 2 amide bonds. The summed E-state index contributed by atoms with van der Waals surface area (Å²) in [6, 6.07) is 18.6. The number of ether oxygens (including phenoxy) is 2. The summed E-state index contributed by atoms with van der Waals surface area (Å²) >= 11 is 0. The fraction of sp³-hybridized carbons (Fsp3) is 0.412. The fourth-order valence-corrected chi connectivity index (χ4v) is 6.49. The first-order chi connectivity index (χ1) is 20.7. The first-order valence-electron chi connectivity index (χ1n) is 14.7. The summed E-state index contributed by atoms with van der Waals surface area (Å²) in [4.78, 5) is 29.2. The first-order valence-corrected chi connectivity index (χ1v) is 16.1. The molecule has 3 aromatic carbocycles. The van der Waals surface area contributed by atoms with Crippen LogP contribution in [0.1, 0.15) is 50.8 Å². The quantitative estimate of drug-likeness (QED) is 0.278. The molecule has 1 atom stereocenters. The monoisotopic (exact) mass is 623 g/mol. The minimum absolute atomic E-state index is 0.0598. The molecule has 0 saturated carbocycles. The Morgan fingerprint density at radius 2 is 1.50 bits per heavy atom. The van der Waals surface area contributed by atoms with E-state index in [-0.39, 0.29) is 23.1 Å². The maximum atomic E-state index is 14.3. The number of rotatable bonds is 13. The third kappa shape index (κ3) is 8.75. The fourth-order valence-electron chi connectivity index (χ4n) is 5.08. The Morgan fingerprint density at radius 3 is 2.05 bits per heavy atom. The Kier molecular flexibility index (Phi) is 11.4. The SMILES string of the molecule is CC[C@@H](C(=O)NC(C)(C)C)N(CCc1ccccc1)C(=O)CN(c1cc(C)cc(C)c1)S(=O)(=O)c1ccc(OC)c(OC)c1. The summed E-state index contributed by atoms with van der Waals surface area (Å²) in [5, 5.41) is 2.99. The highest BCUT2D eigenvalue weighted by Crippen LogP contribution is 2.33. The number of benzene rings is 3. The zero-order valence-corrected chi connectivity index (χ0v) is 27.8. The highest BCUT2D eigenvalue weighted by Gasteiger charge is 2.35. The van der Waals surface area contributed by atoms with Crippen LogP contribution in [0.2, 0.25) is 0 Å². The van der Waals surface area contributed by atoms with Crippen LogP contribution in [0, 0.1) is 13.8 Å². The van der Waals surface area contributed by atoms with Gasteiger partial charge in [0.05, 0.1) is 24.8 Å². The molecule has 1 N–H and O–H groups in total. The molecule has 9 nitrogen and oxygen atoms in total. The average molecular weight is 624 g/mol. The standard InChI is InChI=1S/C34H45N3O6S/c1-9-29(33(39)35-34(4,5)6)36(18-17-26-13-11-10-12-14-26)32(38)23-37(27-20-24(2)19-25(3)21-27)44(40,41)28-15-16-30(42-7)31(22-28)43-8/h10-16,19-22,29H,9,17-18,23H2,1-8H3,(H,35,39)/t29-/m0/s1. The third-order valence-electron chi connectivity index (χ3n) is 7.08. The van der Waals surface area contributed by atoms with Crippen molar-refractivity contribution in [2.45, 2.75) is 70.9 Å². The number of carbonyl (C=O) groups excluding carboxylic acids is 2. The van der Waals surface area contributed by atoms with Crippen LogP contribution in [0.4, 0.5) is 5.69 Å². The van der Waals surface area contributed by atoms with Crippen molar-refractivity contribution < 1.29 is 27.5 Å². The molecular formula is C34H45N3O6S. The molecule has 0 saturated heterocycles. The number of carbonyl (C=O) groups is 2. The van der Waals surface area contributed by atoms with Gasteiger partial charge in [0.15, 0.2) is 11.5 Å². The van der Waals surface area contributed by atoms with E-state index in [9.17, 15) is 18.0 Å². The number of amides is 2. The van der Waals surface area contributed by atoms with Crippen molar-refractivity contribution in [3.05, 3.63) is 83.4 Å². The lowest BCUT2D eigenvalue weighted by Gasteiger charge is -2.35. The predicted octanol–water partition coefficient (Wildman–Crippen LogP) is 5.28. The smallest absolute Gasteiger partial charge is 0.264 e. The molecule has 0 aliphatic carbocycles. The maximum absolute atomic E-state index is 14.3. The Balaban J connectivity index is 2.10. The van der Waals surface area contributed by atoms with E-state index in [1.807, 2.05) is 77.9 Å². The largest absolute Gasteiger partial charge is 0.493 e. The molecule has 0 aromatic heterocycles. The van der Waals surface area contributed by atoms with Gasteiger partial charge in [0, 0.05) is 18.2 Å². The second-order valence-corrected chi connectivity index (χ2v) is 13.7. The third-order valence-corrected chi connectivity index (χ3v) is 8.85. The van der Waals surface area contributed by atoms with Crippen LogP contribution in [0.3, 0.4) is 0 Å². The molecule has 238 valence electrons. The Bertz CT molecular complexity index is 1530. The summed E-state index contributed by atoms with van der Waals surface area (Å²) in [5.41, 5.74) is 2.52. The normalized spacial score (nSPS) is 12.3. The van der Waals surface area contributed by atoms with Gasteiger partial charge in [-0.1, -0.05) is 43.3 Å². The summed E-state index contributed by atoms with van der Waals surface area (Å²) in [7, 11) is -1.38. The van der Waals surface area contributed by atoms with E-state index in [1.54, 1.807) is 12.1 Å². The van der Waals surface area contributed by atoms with Gasteiger partial charge in [0.25, 0.3) is 10.0 Å². The molecular weight excluding hydrogens is 578 g/mol. The lowest BCUT2D eigenvalue weighted by Crippen LogP contribution is -2.56. The first kappa shape index (κ1) is 34.4. The lowest BCUT2D eigenvalue weighted by molar-refractivity contribution is -0.140.